The Labute approximate surface area is 239 Å². The lowest BCUT2D eigenvalue weighted by Gasteiger charge is -2.43. The van der Waals surface area contributed by atoms with E-state index in [1.54, 1.807) is 6.07 Å². The van der Waals surface area contributed by atoms with Crippen LogP contribution in [0.15, 0.2) is 10.5 Å². The predicted octanol–water partition coefficient (Wildman–Crippen LogP) is 5.81. The van der Waals surface area contributed by atoms with Gasteiger partial charge in [0.25, 0.3) is 0 Å². The Morgan fingerprint density at radius 1 is 1.24 bits per heavy atom. The lowest BCUT2D eigenvalue weighted by molar-refractivity contribution is 0.0209. The third kappa shape index (κ3) is 3.97. The molecule has 0 spiro atoms. The second kappa shape index (κ2) is 9.08. The van der Waals surface area contributed by atoms with Crippen molar-refractivity contribution in [1.82, 2.24) is 24.3 Å². The molecule has 7 rings (SSSR count). The van der Waals surface area contributed by atoms with E-state index in [1.165, 1.54) is 0 Å². The van der Waals surface area contributed by atoms with E-state index in [0.717, 1.165) is 25.0 Å². The number of pyridine rings is 1. The van der Waals surface area contributed by atoms with Crippen molar-refractivity contribution in [2.24, 2.45) is 5.92 Å². The molecule has 38 heavy (non-hydrogen) atoms. The van der Waals surface area contributed by atoms with E-state index in [-0.39, 0.29) is 45.0 Å². The number of aromatic nitrogens is 3. The van der Waals surface area contributed by atoms with E-state index in [1.807, 2.05) is 39.8 Å². The molecule has 3 atom stereocenters. The van der Waals surface area contributed by atoms with E-state index in [0.29, 0.717) is 35.1 Å². The SMILES string of the molecule is CN(C)C1CN(c2nc3c(F)c(Br)c(Cl)cc3c3c2nc(CCl)n3[C@H]2[C@@H]3C[C@H]2N(C(=O)OC(C)(C)C)C3)C1. The van der Waals surface area contributed by atoms with Crippen LogP contribution in [0, 0.1) is 11.7 Å². The third-order valence-corrected chi connectivity index (χ3v) is 9.54. The zero-order valence-corrected chi connectivity index (χ0v) is 25.0. The largest absolute Gasteiger partial charge is 0.444 e. The molecule has 0 unspecified atom stereocenters. The summed E-state index contributed by atoms with van der Waals surface area (Å²) < 4.78 is 23.6. The van der Waals surface area contributed by atoms with Gasteiger partial charge in [-0.05, 0) is 63.3 Å². The minimum atomic E-state index is -0.581. The maximum Gasteiger partial charge on any atom is 0.410 e. The summed E-state index contributed by atoms with van der Waals surface area (Å²) in [5.74, 6) is 1.20. The van der Waals surface area contributed by atoms with Crippen LogP contribution in [0.25, 0.3) is 21.9 Å². The van der Waals surface area contributed by atoms with Crippen molar-refractivity contribution in [1.29, 1.82) is 0 Å². The first-order valence-electron chi connectivity index (χ1n) is 12.7. The first-order valence-corrected chi connectivity index (χ1v) is 14.4. The summed E-state index contributed by atoms with van der Waals surface area (Å²) in [6.45, 7) is 7.73. The van der Waals surface area contributed by atoms with Crippen LogP contribution in [0.5, 0.6) is 0 Å². The molecule has 2 aromatic heterocycles. The molecule has 1 aliphatic carbocycles. The maximum absolute atomic E-state index is 15.6. The average Bonchev–Trinajstić information content (AvgIpc) is 3.48. The highest BCUT2D eigenvalue weighted by atomic mass is 79.9. The number of hydrogen-bond donors (Lipinski definition) is 0. The van der Waals surface area contributed by atoms with Crippen LogP contribution in [0.3, 0.4) is 0 Å². The molecule has 0 N–H and O–H groups in total. The number of imidazole rings is 1. The van der Waals surface area contributed by atoms with Gasteiger partial charge < -0.3 is 24.0 Å². The van der Waals surface area contributed by atoms with Crippen LogP contribution in [-0.2, 0) is 10.6 Å². The fourth-order valence-corrected chi connectivity index (χ4v) is 6.70. The Morgan fingerprint density at radius 2 is 1.95 bits per heavy atom. The number of carbonyl (C=O) groups excluding carboxylic acids is 1. The Bertz CT molecular complexity index is 1470. The van der Waals surface area contributed by atoms with Gasteiger partial charge in [-0.1, -0.05) is 11.6 Å². The Hall–Kier alpha value is -1.88. The van der Waals surface area contributed by atoms with Crippen LogP contribution >= 0.6 is 39.1 Å². The summed E-state index contributed by atoms with van der Waals surface area (Å²) in [6, 6.07) is 2.02. The number of anilines is 1. The van der Waals surface area contributed by atoms with Crippen molar-refractivity contribution in [3.8, 4) is 0 Å². The highest BCUT2D eigenvalue weighted by Gasteiger charge is 2.56. The lowest BCUT2D eigenvalue weighted by atomic mass is 9.79. The van der Waals surface area contributed by atoms with Crippen LogP contribution < -0.4 is 4.90 Å². The van der Waals surface area contributed by atoms with Crippen molar-refractivity contribution in [2.45, 2.75) is 56.8 Å². The van der Waals surface area contributed by atoms with Crippen LogP contribution in [-0.4, -0.2) is 81.8 Å². The molecule has 1 amide bonds. The van der Waals surface area contributed by atoms with Crippen molar-refractivity contribution in [2.75, 3.05) is 38.6 Å². The van der Waals surface area contributed by atoms with Crippen LogP contribution in [0.4, 0.5) is 15.0 Å². The first kappa shape index (κ1) is 26.3. The molecule has 3 saturated heterocycles. The smallest absolute Gasteiger partial charge is 0.410 e. The Morgan fingerprint density at radius 3 is 2.58 bits per heavy atom. The monoisotopic (exact) mass is 626 g/mol. The number of ether oxygens (including phenoxy) is 1. The molecule has 5 heterocycles. The standard InChI is InChI=1S/C26H30BrCl2FN6O2/c1-26(2,3)38-25(37)35-9-12-6-16(35)22(12)36-17(8-28)31-21-23(36)14-7-15(29)18(27)19(30)20(14)32-24(21)34-10-13(11-34)33(4)5/h7,12-13,16,22H,6,8-11H2,1-5H3/t12-,16-,22+/m1/s1. The molecule has 8 nitrogen and oxygen atoms in total. The number of alkyl halides is 1. The summed E-state index contributed by atoms with van der Waals surface area (Å²) in [7, 11) is 4.10. The number of likely N-dealkylation sites (N-methyl/N-ethyl adjacent to an activating group) is 1. The first-order chi connectivity index (χ1) is 17.9. The highest BCUT2D eigenvalue weighted by Crippen LogP contribution is 2.52. The van der Waals surface area contributed by atoms with E-state index in [4.69, 9.17) is 37.9 Å². The maximum atomic E-state index is 15.6. The number of fused-ring (bicyclic) bond motifs is 4. The van der Waals surface area contributed by atoms with Gasteiger partial charge in [-0.25, -0.2) is 19.2 Å². The molecule has 3 aliphatic heterocycles. The van der Waals surface area contributed by atoms with E-state index < -0.39 is 11.4 Å². The fourth-order valence-electron chi connectivity index (χ4n) is 6.02. The second-order valence-electron chi connectivity index (χ2n) is 11.8. The van der Waals surface area contributed by atoms with Gasteiger partial charge in [0.2, 0.25) is 0 Å². The normalized spacial score (nSPS) is 23.5. The summed E-state index contributed by atoms with van der Waals surface area (Å²) >= 11 is 16.2. The van der Waals surface area contributed by atoms with Gasteiger partial charge in [-0.15, -0.1) is 11.6 Å². The lowest BCUT2D eigenvalue weighted by Crippen LogP contribution is -2.57. The quantitative estimate of drug-likeness (QED) is 0.269. The number of carbonyl (C=O) groups is 1. The summed E-state index contributed by atoms with van der Waals surface area (Å²) in [5, 5.41) is 0.840. The van der Waals surface area contributed by atoms with Crippen molar-refractivity contribution in [3.63, 3.8) is 0 Å². The van der Waals surface area contributed by atoms with Gasteiger partial charge in [0.1, 0.15) is 22.5 Å². The van der Waals surface area contributed by atoms with Crippen molar-refractivity contribution < 1.29 is 13.9 Å². The number of benzene rings is 1. The number of halogens is 4. The van der Waals surface area contributed by atoms with Gasteiger partial charge in [0.05, 0.1) is 33.0 Å². The molecular weight excluding hydrogens is 598 g/mol. The molecule has 0 radical (unpaired) electrons. The summed E-state index contributed by atoms with van der Waals surface area (Å²) in [6.07, 6.45) is 0.559. The van der Waals surface area contributed by atoms with E-state index in [2.05, 4.69) is 30.3 Å². The molecule has 1 saturated carbocycles. The molecule has 1 aromatic carbocycles. The molecular formula is C26H30BrCl2FN6O2. The number of rotatable bonds is 4. The van der Waals surface area contributed by atoms with Crippen molar-refractivity contribution in [3.05, 3.63) is 27.2 Å². The summed E-state index contributed by atoms with van der Waals surface area (Å²) in [4.78, 5) is 28.9. The molecule has 3 aromatic rings. The molecule has 204 valence electrons. The van der Waals surface area contributed by atoms with Crippen molar-refractivity contribution >= 4 is 73.0 Å². The minimum Gasteiger partial charge on any atom is -0.444 e. The van der Waals surface area contributed by atoms with E-state index in [9.17, 15) is 4.79 Å². The van der Waals surface area contributed by atoms with E-state index >= 15 is 4.39 Å². The number of hydrogen-bond acceptors (Lipinski definition) is 6. The minimum absolute atomic E-state index is 0.0453. The Balaban J connectivity index is 1.52. The van der Waals surface area contributed by atoms with Gasteiger partial charge >= 0.3 is 6.09 Å². The third-order valence-electron chi connectivity index (χ3n) is 8.00. The second-order valence-corrected chi connectivity index (χ2v) is 13.2. The Kier molecular flexibility index (Phi) is 6.29. The molecule has 4 fully saturated rings. The molecule has 2 bridgehead atoms. The number of amides is 1. The van der Waals surface area contributed by atoms with Gasteiger partial charge in [-0.3, -0.25) is 0 Å². The topological polar surface area (TPSA) is 66.7 Å². The molecule has 12 heteroatoms. The molecule has 4 aliphatic rings. The zero-order valence-electron chi connectivity index (χ0n) is 21.9. The van der Waals surface area contributed by atoms with Gasteiger partial charge in [0.15, 0.2) is 11.6 Å². The average molecular weight is 628 g/mol. The zero-order chi connectivity index (χ0) is 27.3. The van der Waals surface area contributed by atoms with Crippen LogP contribution in [0.2, 0.25) is 5.02 Å². The highest BCUT2D eigenvalue weighted by molar-refractivity contribution is 9.10. The van der Waals surface area contributed by atoms with Gasteiger partial charge in [-0.2, -0.15) is 0 Å². The fraction of sp³-hybridized carbons (Fsp3) is 0.577. The predicted molar refractivity (Wildman–Crippen MR) is 151 cm³/mol. The van der Waals surface area contributed by atoms with Crippen LogP contribution in [0.1, 0.15) is 39.1 Å². The van der Waals surface area contributed by atoms with Gasteiger partial charge in [0, 0.05) is 37.0 Å². The summed E-state index contributed by atoms with van der Waals surface area (Å²) in [5.41, 5.74) is 1.09. The number of nitrogens with zero attached hydrogens (tertiary/aromatic N) is 6.